The molecule has 0 radical (unpaired) electrons. The highest BCUT2D eigenvalue weighted by Crippen LogP contribution is 2.39. The van der Waals surface area contributed by atoms with Crippen molar-refractivity contribution in [3.8, 4) is 0 Å². The zero-order chi connectivity index (χ0) is 23.5. The first-order valence-corrected chi connectivity index (χ1v) is 13.3. The summed E-state index contributed by atoms with van der Waals surface area (Å²) in [5, 5.41) is 2.99. The van der Waals surface area contributed by atoms with Gasteiger partial charge in [0.05, 0.1) is 12.1 Å². The minimum Gasteiger partial charge on any atom is -0.366 e. The average molecular weight is 481 g/mol. The largest absolute Gasteiger partial charge is 0.366 e. The lowest BCUT2D eigenvalue weighted by molar-refractivity contribution is -0.139. The third-order valence-electron chi connectivity index (χ3n) is 7.39. The van der Waals surface area contributed by atoms with Crippen LogP contribution in [0.1, 0.15) is 36.3 Å². The molecule has 3 atom stereocenters. The van der Waals surface area contributed by atoms with Gasteiger partial charge in [-0.1, -0.05) is 12.1 Å². The molecule has 1 N–H and O–H groups in total. The van der Waals surface area contributed by atoms with E-state index in [0.29, 0.717) is 19.0 Å². The summed E-state index contributed by atoms with van der Waals surface area (Å²) in [6.45, 7) is 2.83. The molecule has 3 saturated heterocycles. The Labute approximate surface area is 205 Å². The van der Waals surface area contributed by atoms with Crippen LogP contribution in [0.2, 0.25) is 0 Å². The Bertz CT molecular complexity index is 1010. The number of fused-ring (bicyclic) bond motifs is 1. The molecule has 0 bridgehead atoms. The molecule has 3 fully saturated rings. The third kappa shape index (κ3) is 4.93. The SMILES string of the molecule is CSc1cccc(C(c2ccncc2)C2CCN(C(=O)N3CC[C@@H]4OCC(=O)N[C@@H]4C3)CC2)c1. The number of benzene rings is 1. The van der Waals surface area contributed by atoms with Gasteiger partial charge in [-0.05, 0) is 66.8 Å². The Kier molecular flexibility index (Phi) is 7.06. The molecule has 0 aliphatic carbocycles. The van der Waals surface area contributed by atoms with Crippen LogP contribution in [0.5, 0.6) is 0 Å². The van der Waals surface area contributed by atoms with Crippen LogP contribution in [0.4, 0.5) is 4.79 Å². The van der Waals surface area contributed by atoms with Gasteiger partial charge in [0.25, 0.3) is 0 Å². The van der Waals surface area contributed by atoms with Gasteiger partial charge in [0.1, 0.15) is 6.61 Å². The summed E-state index contributed by atoms with van der Waals surface area (Å²) in [5.41, 5.74) is 2.62. The number of hydrogen-bond acceptors (Lipinski definition) is 5. The van der Waals surface area contributed by atoms with Crippen molar-refractivity contribution in [2.75, 3.05) is 39.0 Å². The van der Waals surface area contributed by atoms with Crippen LogP contribution in [-0.4, -0.2) is 77.9 Å². The number of urea groups is 1. The van der Waals surface area contributed by atoms with Gasteiger partial charge in [-0.15, -0.1) is 11.8 Å². The summed E-state index contributed by atoms with van der Waals surface area (Å²) in [5.74, 6) is 0.655. The zero-order valence-electron chi connectivity index (χ0n) is 19.6. The number of morpholine rings is 1. The monoisotopic (exact) mass is 480 g/mol. The number of ether oxygens (including phenoxy) is 1. The predicted molar refractivity (Wildman–Crippen MR) is 132 cm³/mol. The van der Waals surface area contributed by atoms with E-state index in [9.17, 15) is 9.59 Å². The van der Waals surface area contributed by atoms with Crippen LogP contribution in [0, 0.1) is 5.92 Å². The fraction of sp³-hybridized carbons (Fsp3) is 0.500. The van der Waals surface area contributed by atoms with Gasteiger partial charge in [-0.3, -0.25) is 9.78 Å². The molecule has 0 spiro atoms. The number of carbonyl (C=O) groups excluding carboxylic acids is 2. The molecule has 7 nitrogen and oxygen atoms in total. The molecule has 1 unspecified atom stereocenters. The van der Waals surface area contributed by atoms with E-state index in [2.05, 4.69) is 53.0 Å². The van der Waals surface area contributed by atoms with Crippen LogP contribution in [-0.2, 0) is 9.53 Å². The number of piperidine rings is 2. The predicted octanol–water partition coefficient (Wildman–Crippen LogP) is 3.36. The van der Waals surface area contributed by atoms with Crippen molar-refractivity contribution in [1.82, 2.24) is 20.1 Å². The summed E-state index contributed by atoms with van der Waals surface area (Å²) in [7, 11) is 0. The second kappa shape index (κ2) is 10.4. The molecular weight excluding hydrogens is 448 g/mol. The van der Waals surface area contributed by atoms with E-state index in [1.165, 1.54) is 16.0 Å². The number of pyridine rings is 1. The summed E-state index contributed by atoms with van der Waals surface area (Å²) < 4.78 is 5.64. The van der Waals surface area contributed by atoms with Crippen molar-refractivity contribution in [1.29, 1.82) is 0 Å². The highest BCUT2D eigenvalue weighted by Gasteiger charge is 2.38. The van der Waals surface area contributed by atoms with Crippen molar-refractivity contribution in [2.45, 2.75) is 42.2 Å². The highest BCUT2D eigenvalue weighted by atomic mass is 32.2. The Balaban J connectivity index is 1.26. The molecule has 1 aromatic carbocycles. The maximum atomic E-state index is 13.3. The van der Waals surface area contributed by atoms with Gasteiger partial charge >= 0.3 is 6.03 Å². The quantitative estimate of drug-likeness (QED) is 0.680. The summed E-state index contributed by atoms with van der Waals surface area (Å²) >= 11 is 1.76. The van der Waals surface area contributed by atoms with Crippen LogP contribution >= 0.6 is 11.8 Å². The first kappa shape index (κ1) is 23.2. The lowest BCUT2D eigenvalue weighted by Gasteiger charge is -2.44. The summed E-state index contributed by atoms with van der Waals surface area (Å²) in [6.07, 6.45) is 8.56. The van der Waals surface area contributed by atoms with Gasteiger partial charge in [0.2, 0.25) is 5.91 Å². The normalized spacial score (nSPS) is 24.3. The van der Waals surface area contributed by atoms with Crippen molar-refractivity contribution >= 4 is 23.7 Å². The number of nitrogens with zero attached hydrogens (tertiary/aromatic N) is 3. The Morgan fingerprint density at radius 3 is 2.62 bits per heavy atom. The molecule has 3 aliphatic rings. The van der Waals surface area contributed by atoms with Crippen molar-refractivity contribution < 1.29 is 14.3 Å². The smallest absolute Gasteiger partial charge is 0.320 e. The fourth-order valence-corrected chi connectivity index (χ4v) is 6.11. The molecule has 4 heterocycles. The van der Waals surface area contributed by atoms with Crippen molar-refractivity contribution in [3.05, 3.63) is 59.9 Å². The minimum atomic E-state index is -0.101. The van der Waals surface area contributed by atoms with E-state index >= 15 is 0 Å². The van der Waals surface area contributed by atoms with Crippen LogP contribution < -0.4 is 5.32 Å². The fourth-order valence-electron chi connectivity index (χ4n) is 5.64. The first-order chi connectivity index (χ1) is 16.6. The summed E-state index contributed by atoms with van der Waals surface area (Å²) in [4.78, 5) is 34.4. The summed E-state index contributed by atoms with van der Waals surface area (Å²) in [6, 6.07) is 13.1. The molecule has 5 rings (SSSR count). The molecule has 3 amide bonds. The van der Waals surface area contributed by atoms with E-state index in [4.69, 9.17) is 4.74 Å². The second-order valence-corrected chi connectivity index (χ2v) is 10.3. The lowest BCUT2D eigenvalue weighted by atomic mass is 9.76. The number of aromatic nitrogens is 1. The standard InChI is InChI=1S/C26H32N4O3S/c1-34-21-4-2-3-20(15-21)25(18-5-10-27-11-6-18)19-7-12-29(13-8-19)26(32)30-14-9-23-22(16-30)28-24(31)17-33-23/h2-6,10-11,15,19,22-23,25H,7-9,12-14,16-17H2,1H3,(H,28,31)/t22-,23+,25?/m1/s1. The molecule has 0 saturated carbocycles. The van der Waals surface area contributed by atoms with Gasteiger partial charge < -0.3 is 19.9 Å². The van der Waals surface area contributed by atoms with E-state index in [-0.39, 0.29) is 36.6 Å². The highest BCUT2D eigenvalue weighted by molar-refractivity contribution is 7.98. The first-order valence-electron chi connectivity index (χ1n) is 12.1. The van der Waals surface area contributed by atoms with Gasteiger partial charge in [0, 0.05) is 49.4 Å². The van der Waals surface area contributed by atoms with E-state index in [0.717, 1.165) is 32.4 Å². The van der Waals surface area contributed by atoms with Crippen molar-refractivity contribution in [2.24, 2.45) is 5.92 Å². The number of hydrogen-bond donors (Lipinski definition) is 1. The number of rotatable bonds is 4. The Hall–Kier alpha value is -2.58. The van der Waals surface area contributed by atoms with E-state index in [1.807, 2.05) is 22.2 Å². The van der Waals surface area contributed by atoms with Gasteiger partial charge in [-0.2, -0.15) is 0 Å². The topological polar surface area (TPSA) is 74.8 Å². The molecule has 2 aromatic rings. The lowest BCUT2D eigenvalue weighted by Crippen LogP contribution is -2.62. The number of nitrogens with one attached hydrogen (secondary N) is 1. The second-order valence-electron chi connectivity index (χ2n) is 9.40. The average Bonchev–Trinajstić information content (AvgIpc) is 2.89. The molecule has 3 aliphatic heterocycles. The number of likely N-dealkylation sites (tertiary alicyclic amines) is 2. The Morgan fingerprint density at radius 1 is 1.09 bits per heavy atom. The van der Waals surface area contributed by atoms with Crippen molar-refractivity contribution in [3.63, 3.8) is 0 Å². The molecular formula is C26H32N4O3S. The maximum Gasteiger partial charge on any atom is 0.320 e. The van der Waals surface area contributed by atoms with E-state index < -0.39 is 0 Å². The number of thioether (sulfide) groups is 1. The third-order valence-corrected chi connectivity index (χ3v) is 8.12. The molecule has 8 heteroatoms. The molecule has 180 valence electrons. The molecule has 1 aromatic heterocycles. The van der Waals surface area contributed by atoms with Gasteiger partial charge in [-0.25, -0.2) is 4.79 Å². The molecule has 34 heavy (non-hydrogen) atoms. The zero-order valence-corrected chi connectivity index (χ0v) is 20.4. The minimum absolute atomic E-state index is 0.0191. The number of amides is 3. The van der Waals surface area contributed by atoms with E-state index in [1.54, 1.807) is 11.8 Å². The number of carbonyl (C=O) groups is 2. The Morgan fingerprint density at radius 2 is 1.85 bits per heavy atom. The maximum absolute atomic E-state index is 13.3. The van der Waals surface area contributed by atoms with Crippen LogP contribution in [0.15, 0.2) is 53.7 Å². The van der Waals surface area contributed by atoms with Crippen LogP contribution in [0.3, 0.4) is 0 Å². The van der Waals surface area contributed by atoms with Crippen LogP contribution in [0.25, 0.3) is 0 Å². The van der Waals surface area contributed by atoms with Gasteiger partial charge in [0.15, 0.2) is 0 Å².